The zero-order valence-electron chi connectivity index (χ0n) is 17.6. The molecule has 7 nitrogen and oxygen atoms in total. The van der Waals surface area contributed by atoms with Crippen molar-refractivity contribution in [1.82, 2.24) is 19.9 Å². The molecule has 1 aromatic carbocycles. The normalized spacial score (nSPS) is 13.6. The topological polar surface area (TPSA) is 94.2 Å². The van der Waals surface area contributed by atoms with Gasteiger partial charge >= 0.3 is 0 Å². The zero-order chi connectivity index (χ0) is 22.0. The molecule has 31 heavy (non-hydrogen) atoms. The van der Waals surface area contributed by atoms with Gasteiger partial charge in [0.2, 0.25) is 5.88 Å². The fourth-order valence-electron chi connectivity index (χ4n) is 3.86. The highest BCUT2D eigenvalue weighted by Crippen LogP contribution is 2.32. The minimum absolute atomic E-state index is 0.132. The molecule has 0 radical (unpaired) electrons. The van der Waals surface area contributed by atoms with E-state index in [2.05, 4.69) is 19.9 Å². The second-order valence-electron chi connectivity index (χ2n) is 7.49. The summed E-state index contributed by atoms with van der Waals surface area (Å²) in [5.74, 6) is 0.193. The van der Waals surface area contributed by atoms with Gasteiger partial charge in [-0.25, -0.2) is 14.4 Å². The molecule has 1 amide bonds. The number of carbonyl (C=O) groups is 1. The van der Waals surface area contributed by atoms with Crippen molar-refractivity contribution in [2.45, 2.75) is 32.9 Å². The number of halogens is 1. The van der Waals surface area contributed by atoms with E-state index in [9.17, 15) is 9.18 Å². The maximum Gasteiger partial charge on any atom is 0.267 e. The second-order valence-corrected chi connectivity index (χ2v) is 7.49. The summed E-state index contributed by atoms with van der Waals surface area (Å²) >= 11 is 0. The maximum absolute atomic E-state index is 14.9. The van der Waals surface area contributed by atoms with E-state index in [1.807, 2.05) is 13.0 Å². The van der Waals surface area contributed by atoms with Gasteiger partial charge in [-0.05, 0) is 41.7 Å². The molecule has 3 heterocycles. The fraction of sp³-hybridized carbons (Fsp3) is 0.304. The van der Waals surface area contributed by atoms with E-state index in [0.717, 1.165) is 29.8 Å². The number of primary amides is 1. The number of nitrogens with zero attached hydrogens (tertiary/aromatic N) is 4. The van der Waals surface area contributed by atoms with Gasteiger partial charge in [0.05, 0.1) is 19.3 Å². The molecule has 4 rings (SSSR count). The van der Waals surface area contributed by atoms with Crippen LogP contribution in [0.1, 0.15) is 40.1 Å². The van der Waals surface area contributed by atoms with Crippen LogP contribution in [0.3, 0.4) is 0 Å². The van der Waals surface area contributed by atoms with E-state index in [-0.39, 0.29) is 11.5 Å². The molecule has 1 aliphatic heterocycles. The van der Waals surface area contributed by atoms with Crippen LogP contribution in [-0.4, -0.2) is 39.4 Å². The van der Waals surface area contributed by atoms with Crippen molar-refractivity contribution in [3.8, 4) is 17.0 Å². The van der Waals surface area contributed by atoms with Crippen molar-refractivity contribution in [2.75, 3.05) is 13.7 Å². The van der Waals surface area contributed by atoms with Crippen LogP contribution in [-0.2, 0) is 25.9 Å². The molecule has 2 N–H and O–H groups in total. The lowest BCUT2D eigenvalue weighted by Crippen LogP contribution is -2.32. The van der Waals surface area contributed by atoms with Crippen LogP contribution in [0.5, 0.6) is 5.88 Å². The molecular formula is C23H24FN5O2. The molecule has 0 fully saturated rings. The number of pyridine rings is 1. The largest absolute Gasteiger partial charge is 0.481 e. The summed E-state index contributed by atoms with van der Waals surface area (Å²) in [6.45, 7) is 3.70. The predicted octanol–water partition coefficient (Wildman–Crippen LogP) is 2.91. The lowest BCUT2D eigenvalue weighted by molar-refractivity contribution is 0.0994. The van der Waals surface area contributed by atoms with E-state index < -0.39 is 5.91 Å². The molecule has 0 saturated heterocycles. The van der Waals surface area contributed by atoms with E-state index >= 15 is 0 Å². The minimum Gasteiger partial charge on any atom is -0.481 e. The Morgan fingerprint density at radius 2 is 2.06 bits per heavy atom. The molecule has 2 aromatic heterocycles. The summed E-state index contributed by atoms with van der Waals surface area (Å²) in [4.78, 5) is 27.2. The standard InChI is InChI=1S/C23H24FN5O2/c1-3-14-4-5-15(18(24)10-14)17-11-19(23(25)30)27-20-12-29(9-7-16(17)20)13-21-26-8-6-22(28-21)31-2/h4-6,8,10-11H,3,7,9,12-13H2,1-2H3,(H2,25,30). The van der Waals surface area contributed by atoms with Gasteiger partial charge in [-0.3, -0.25) is 9.69 Å². The van der Waals surface area contributed by atoms with Gasteiger partial charge in [-0.1, -0.05) is 19.1 Å². The first-order valence-electron chi connectivity index (χ1n) is 10.2. The SMILES string of the molecule is CCc1ccc(-c2cc(C(N)=O)nc3c2CCN(Cc2nccc(OC)n2)C3)c(F)c1. The number of amides is 1. The Balaban J connectivity index is 1.69. The Labute approximate surface area is 180 Å². The Kier molecular flexibility index (Phi) is 5.90. The second kappa shape index (κ2) is 8.77. The van der Waals surface area contributed by atoms with Gasteiger partial charge in [-0.2, -0.15) is 4.98 Å². The third-order valence-corrected chi connectivity index (χ3v) is 5.50. The molecule has 1 aliphatic rings. The van der Waals surface area contributed by atoms with Gasteiger partial charge in [0.1, 0.15) is 17.3 Å². The van der Waals surface area contributed by atoms with Gasteiger partial charge < -0.3 is 10.5 Å². The highest BCUT2D eigenvalue weighted by Gasteiger charge is 2.25. The molecule has 0 aliphatic carbocycles. The number of aromatic nitrogens is 3. The fourth-order valence-corrected chi connectivity index (χ4v) is 3.86. The number of hydrogen-bond donors (Lipinski definition) is 1. The van der Waals surface area contributed by atoms with E-state index in [1.165, 1.54) is 0 Å². The summed E-state index contributed by atoms with van der Waals surface area (Å²) in [6.07, 6.45) is 3.07. The summed E-state index contributed by atoms with van der Waals surface area (Å²) in [6, 6.07) is 8.52. The average molecular weight is 421 g/mol. The van der Waals surface area contributed by atoms with Crippen molar-refractivity contribution in [2.24, 2.45) is 5.73 Å². The van der Waals surface area contributed by atoms with Crippen LogP contribution in [0.25, 0.3) is 11.1 Å². The smallest absolute Gasteiger partial charge is 0.267 e. The van der Waals surface area contributed by atoms with Gasteiger partial charge in [0, 0.05) is 30.9 Å². The molecule has 8 heteroatoms. The van der Waals surface area contributed by atoms with Crippen LogP contribution in [0.2, 0.25) is 0 Å². The Bertz CT molecular complexity index is 1130. The Morgan fingerprint density at radius 3 is 2.77 bits per heavy atom. The van der Waals surface area contributed by atoms with Crippen molar-refractivity contribution in [3.05, 3.63) is 70.7 Å². The summed E-state index contributed by atoms with van der Waals surface area (Å²) in [5, 5.41) is 0. The summed E-state index contributed by atoms with van der Waals surface area (Å²) in [5.41, 5.74) is 9.38. The van der Waals surface area contributed by atoms with Crippen LogP contribution in [0.4, 0.5) is 4.39 Å². The minimum atomic E-state index is -0.636. The number of carbonyl (C=O) groups excluding carboxylic acids is 1. The molecule has 160 valence electrons. The van der Waals surface area contributed by atoms with Crippen molar-refractivity contribution >= 4 is 5.91 Å². The number of benzene rings is 1. The lowest BCUT2D eigenvalue weighted by atomic mass is 9.92. The number of methoxy groups -OCH3 is 1. The number of rotatable bonds is 6. The van der Waals surface area contributed by atoms with Gasteiger partial charge in [-0.15, -0.1) is 0 Å². The number of nitrogens with two attached hydrogens (primary N) is 1. The zero-order valence-corrected chi connectivity index (χ0v) is 17.6. The molecule has 0 bridgehead atoms. The highest BCUT2D eigenvalue weighted by molar-refractivity contribution is 5.92. The van der Waals surface area contributed by atoms with E-state index in [1.54, 1.807) is 37.6 Å². The number of ether oxygens (including phenoxy) is 1. The van der Waals surface area contributed by atoms with Crippen LogP contribution >= 0.6 is 0 Å². The third-order valence-electron chi connectivity index (χ3n) is 5.50. The molecule has 0 saturated carbocycles. The van der Waals surface area contributed by atoms with E-state index in [4.69, 9.17) is 10.5 Å². The Hall–Kier alpha value is -3.39. The first-order chi connectivity index (χ1) is 15.0. The van der Waals surface area contributed by atoms with Crippen molar-refractivity contribution in [3.63, 3.8) is 0 Å². The van der Waals surface area contributed by atoms with Gasteiger partial charge in [0.25, 0.3) is 5.91 Å². The highest BCUT2D eigenvalue weighted by atomic mass is 19.1. The number of hydrogen-bond acceptors (Lipinski definition) is 6. The van der Waals surface area contributed by atoms with Crippen molar-refractivity contribution < 1.29 is 13.9 Å². The van der Waals surface area contributed by atoms with Gasteiger partial charge in [0.15, 0.2) is 0 Å². The van der Waals surface area contributed by atoms with Crippen LogP contribution in [0, 0.1) is 5.82 Å². The number of fused-ring (bicyclic) bond motifs is 1. The van der Waals surface area contributed by atoms with Crippen LogP contribution < -0.4 is 10.5 Å². The predicted molar refractivity (Wildman–Crippen MR) is 114 cm³/mol. The first-order valence-corrected chi connectivity index (χ1v) is 10.2. The monoisotopic (exact) mass is 421 g/mol. The quantitative estimate of drug-likeness (QED) is 0.658. The summed E-state index contributed by atoms with van der Waals surface area (Å²) in [7, 11) is 1.56. The Morgan fingerprint density at radius 1 is 1.23 bits per heavy atom. The van der Waals surface area contributed by atoms with Crippen molar-refractivity contribution in [1.29, 1.82) is 0 Å². The third kappa shape index (κ3) is 4.39. The van der Waals surface area contributed by atoms with Crippen LogP contribution in [0.15, 0.2) is 36.5 Å². The molecule has 0 spiro atoms. The van der Waals surface area contributed by atoms with E-state index in [0.29, 0.717) is 42.3 Å². The summed E-state index contributed by atoms with van der Waals surface area (Å²) < 4.78 is 20.1. The number of aryl methyl sites for hydroxylation is 1. The molecule has 0 atom stereocenters. The molecule has 0 unspecified atom stereocenters. The lowest BCUT2D eigenvalue weighted by Gasteiger charge is -2.29. The molecule has 3 aromatic rings. The molecular weight excluding hydrogens is 397 g/mol. The maximum atomic E-state index is 14.9. The average Bonchev–Trinajstić information content (AvgIpc) is 2.78. The first kappa shape index (κ1) is 20.9.